The van der Waals surface area contributed by atoms with Crippen molar-refractivity contribution in [3.8, 4) is 5.75 Å². The van der Waals surface area contributed by atoms with E-state index in [0.717, 1.165) is 12.1 Å². The third-order valence-electron chi connectivity index (χ3n) is 5.18. The molecule has 1 atom stereocenters. The average Bonchev–Trinajstić information content (AvgIpc) is 3.07. The molecule has 1 aromatic carbocycles. The number of pyridine rings is 1. The van der Waals surface area contributed by atoms with E-state index < -0.39 is 36.4 Å². The molecule has 2 heterocycles. The maximum absolute atomic E-state index is 13.9. The summed E-state index contributed by atoms with van der Waals surface area (Å²) in [4.78, 5) is 17.2. The monoisotopic (exact) mass is 434 g/mol. The second-order valence-corrected chi connectivity index (χ2v) is 7.76. The normalized spacial score (nSPS) is 13.3. The number of nitrogens with one attached hydrogen (secondary N) is 1. The van der Waals surface area contributed by atoms with Crippen LogP contribution in [0.3, 0.4) is 0 Å². The lowest BCUT2D eigenvalue weighted by atomic mass is 10.0. The summed E-state index contributed by atoms with van der Waals surface area (Å²) < 4.78 is 48.4. The molecule has 0 saturated heterocycles. The topological polar surface area (TPSA) is 81.6 Å². The van der Waals surface area contributed by atoms with Crippen molar-refractivity contribution in [1.82, 2.24) is 14.7 Å². The predicted molar refractivity (Wildman–Crippen MR) is 111 cm³/mol. The SMILES string of the molecule is CCC(C)(N)CNC(=O)c1c(C)nc2c(OCc3c(F)cccc3F)cc(CF)cn12. The number of fused-ring (bicyclic) bond motifs is 1. The van der Waals surface area contributed by atoms with Gasteiger partial charge in [-0.1, -0.05) is 13.0 Å². The van der Waals surface area contributed by atoms with Crippen molar-refractivity contribution >= 4 is 11.6 Å². The van der Waals surface area contributed by atoms with Crippen LogP contribution in [0.4, 0.5) is 13.2 Å². The molecule has 1 unspecified atom stereocenters. The zero-order chi connectivity index (χ0) is 22.8. The minimum atomic E-state index is -0.824. The summed E-state index contributed by atoms with van der Waals surface area (Å²) in [6.07, 6.45) is 2.11. The van der Waals surface area contributed by atoms with Gasteiger partial charge in [0.1, 0.15) is 30.6 Å². The number of benzene rings is 1. The van der Waals surface area contributed by atoms with E-state index in [1.165, 1.54) is 22.7 Å². The molecule has 166 valence electrons. The summed E-state index contributed by atoms with van der Waals surface area (Å²) in [7, 11) is 0. The van der Waals surface area contributed by atoms with Crippen molar-refractivity contribution < 1.29 is 22.7 Å². The summed E-state index contributed by atoms with van der Waals surface area (Å²) >= 11 is 0. The average molecular weight is 434 g/mol. The zero-order valence-electron chi connectivity index (χ0n) is 17.6. The number of rotatable bonds is 8. The van der Waals surface area contributed by atoms with Crippen molar-refractivity contribution in [1.29, 1.82) is 0 Å². The molecule has 0 saturated carbocycles. The van der Waals surface area contributed by atoms with E-state index in [9.17, 15) is 18.0 Å². The third kappa shape index (κ3) is 4.82. The first-order chi connectivity index (χ1) is 14.7. The maximum atomic E-state index is 13.9. The Balaban J connectivity index is 1.97. The van der Waals surface area contributed by atoms with Gasteiger partial charge in [0.25, 0.3) is 5.91 Å². The molecule has 6 nitrogen and oxygen atoms in total. The van der Waals surface area contributed by atoms with Crippen LogP contribution in [-0.2, 0) is 13.3 Å². The molecule has 0 aliphatic rings. The number of carbonyl (C=O) groups excluding carboxylic acids is 1. The summed E-state index contributed by atoms with van der Waals surface area (Å²) in [6.45, 7) is 4.38. The lowest BCUT2D eigenvalue weighted by Crippen LogP contribution is -2.47. The van der Waals surface area contributed by atoms with Crippen molar-refractivity contribution in [3.63, 3.8) is 0 Å². The number of imidazole rings is 1. The van der Waals surface area contributed by atoms with Crippen molar-refractivity contribution in [2.75, 3.05) is 6.54 Å². The fraction of sp³-hybridized carbons (Fsp3) is 0.364. The Morgan fingerprint density at radius 2 is 2.00 bits per heavy atom. The molecule has 3 aromatic rings. The Bertz CT molecular complexity index is 1090. The molecular weight excluding hydrogens is 409 g/mol. The molecule has 31 heavy (non-hydrogen) atoms. The Hall–Kier alpha value is -3.07. The quantitative estimate of drug-likeness (QED) is 0.565. The number of ether oxygens (including phenoxy) is 1. The largest absolute Gasteiger partial charge is 0.485 e. The number of hydrogen-bond acceptors (Lipinski definition) is 4. The fourth-order valence-corrected chi connectivity index (χ4v) is 3.05. The van der Waals surface area contributed by atoms with Crippen LogP contribution < -0.4 is 15.8 Å². The van der Waals surface area contributed by atoms with E-state index in [-0.39, 0.29) is 34.8 Å². The number of carbonyl (C=O) groups is 1. The van der Waals surface area contributed by atoms with E-state index in [1.54, 1.807) is 6.92 Å². The number of alkyl halides is 1. The van der Waals surface area contributed by atoms with Crippen LogP contribution in [0.15, 0.2) is 30.5 Å². The number of nitrogens with two attached hydrogens (primary N) is 1. The molecule has 0 aliphatic carbocycles. The van der Waals surface area contributed by atoms with Gasteiger partial charge in [-0.05, 0) is 38.5 Å². The first kappa shape index (κ1) is 22.6. The molecule has 9 heteroatoms. The van der Waals surface area contributed by atoms with E-state index in [4.69, 9.17) is 10.5 Å². The van der Waals surface area contributed by atoms with Crippen LogP contribution in [0.25, 0.3) is 5.65 Å². The van der Waals surface area contributed by atoms with Gasteiger partial charge in [0, 0.05) is 23.8 Å². The lowest BCUT2D eigenvalue weighted by molar-refractivity contribution is 0.0937. The number of amides is 1. The Labute approximate surface area is 178 Å². The maximum Gasteiger partial charge on any atom is 0.270 e. The van der Waals surface area contributed by atoms with Crippen LogP contribution >= 0.6 is 0 Å². The first-order valence-corrected chi connectivity index (χ1v) is 9.87. The molecule has 0 aliphatic heterocycles. The molecule has 0 spiro atoms. The first-order valence-electron chi connectivity index (χ1n) is 9.87. The van der Waals surface area contributed by atoms with Crippen LogP contribution in [0.5, 0.6) is 5.75 Å². The lowest BCUT2D eigenvalue weighted by Gasteiger charge is -2.22. The minimum absolute atomic E-state index is 0.108. The van der Waals surface area contributed by atoms with Gasteiger partial charge in [0.15, 0.2) is 11.4 Å². The standard InChI is InChI=1S/C22H25F3N4O2/c1-4-22(3,26)12-27-21(30)19-13(2)28-20-18(8-14(9-23)10-29(19)20)31-11-15-16(24)6-5-7-17(15)25/h5-8,10H,4,9,11-12,26H2,1-3H3,(H,27,30). The van der Waals surface area contributed by atoms with E-state index >= 15 is 0 Å². The highest BCUT2D eigenvalue weighted by Gasteiger charge is 2.23. The second-order valence-electron chi connectivity index (χ2n) is 7.76. The summed E-state index contributed by atoms with van der Waals surface area (Å²) in [5.41, 5.74) is 6.32. The van der Waals surface area contributed by atoms with Gasteiger partial charge in [-0.2, -0.15) is 0 Å². The van der Waals surface area contributed by atoms with E-state index in [0.29, 0.717) is 12.1 Å². The van der Waals surface area contributed by atoms with Gasteiger partial charge in [0.05, 0.1) is 11.3 Å². The molecule has 0 radical (unpaired) electrons. The Kier molecular flexibility index (Phi) is 6.54. The summed E-state index contributed by atoms with van der Waals surface area (Å²) in [5, 5.41) is 2.78. The van der Waals surface area contributed by atoms with Gasteiger partial charge < -0.3 is 15.8 Å². The molecule has 3 N–H and O–H groups in total. The molecule has 2 aromatic heterocycles. The molecular formula is C22H25F3N4O2. The highest BCUT2D eigenvalue weighted by Crippen LogP contribution is 2.26. The highest BCUT2D eigenvalue weighted by molar-refractivity contribution is 5.95. The van der Waals surface area contributed by atoms with Gasteiger partial charge in [-0.25, -0.2) is 18.2 Å². The number of nitrogens with zero attached hydrogens (tertiary/aromatic N) is 2. The van der Waals surface area contributed by atoms with Crippen LogP contribution in [0, 0.1) is 18.6 Å². The number of halogens is 3. The molecule has 1 amide bonds. The van der Waals surface area contributed by atoms with Crippen molar-refractivity contribution in [2.45, 2.75) is 46.0 Å². The summed E-state index contributed by atoms with van der Waals surface area (Å²) in [5.74, 6) is -1.81. The summed E-state index contributed by atoms with van der Waals surface area (Å²) in [6, 6.07) is 4.90. The molecule has 0 fully saturated rings. The highest BCUT2D eigenvalue weighted by atomic mass is 19.1. The van der Waals surface area contributed by atoms with Crippen LogP contribution in [0.2, 0.25) is 0 Å². The Morgan fingerprint density at radius 1 is 1.32 bits per heavy atom. The number of aryl methyl sites for hydroxylation is 1. The fourth-order valence-electron chi connectivity index (χ4n) is 3.05. The molecule has 0 bridgehead atoms. The predicted octanol–water partition coefficient (Wildman–Crippen LogP) is 3.83. The van der Waals surface area contributed by atoms with Crippen molar-refractivity contribution in [2.24, 2.45) is 5.73 Å². The van der Waals surface area contributed by atoms with Gasteiger partial charge in [-0.3, -0.25) is 9.20 Å². The van der Waals surface area contributed by atoms with Gasteiger partial charge in [0.2, 0.25) is 0 Å². The van der Waals surface area contributed by atoms with Gasteiger partial charge >= 0.3 is 0 Å². The Morgan fingerprint density at radius 3 is 2.61 bits per heavy atom. The van der Waals surface area contributed by atoms with Gasteiger partial charge in [-0.15, -0.1) is 0 Å². The molecule has 3 rings (SSSR count). The van der Waals surface area contributed by atoms with Crippen LogP contribution in [-0.4, -0.2) is 27.4 Å². The van der Waals surface area contributed by atoms with Crippen LogP contribution in [0.1, 0.15) is 47.6 Å². The van der Waals surface area contributed by atoms with E-state index in [1.807, 2.05) is 13.8 Å². The second kappa shape index (κ2) is 8.97. The smallest absolute Gasteiger partial charge is 0.270 e. The number of hydrogen-bond donors (Lipinski definition) is 2. The van der Waals surface area contributed by atoms with E-state index in [2.05, 4.69) is 10.3 Å². The third-order valence-corrected chi connectivity index (χ3v) is 5.18. The number of aromatic nitrogens is 2. The van der Waals surface area contributed by atoms with Crippen molar-refractivity contribution in [3.05, 3.63) is 64.6 Å². The zero-order valence-corrected chi connectivity index (χ0v) is 17.6. The minimum Gasteiger partial charge on any atom is -0.485 e.